The van der Waals surface area contributed by atoms with Crippen LogP contribution in [0.4, 0.5) is 11.4 Å². The van der Waals surface area contributed by atoms with E-state index in [1.54, 1.807) is 24.5 Å². The molecule has 0 bridgehead atoms. The maximum absolute atomic E-state index is 12.9. The van der Waals surface area contributed by atoms with Crippen LogP contribution in [0.2, 0.25) is 0 Å². The number of nitrogens with zero attached hydrogens (tertiary/aromatic N) is 6. The lowest BCUT2D eigenvalue weighted by atomic mass is 9.90. The van der Waals surface area contributed by atoms with E-state index in [0.717, 1.165) is 5.69 Å². The van der Waals surface area contributed by atoms with E-state index in [9.17, 15) is 28.8 Å². The lowest BCUT2D eigenvalue weighted by molar-refractivity contribution is -0.697. The van der Waals surface area contributed by atoms with E-state index in [4.69, 9.17) is 18.3 Å². The molecule has 2 aliphatic carbocycles. The highest BCUT2D eigenvalue weighted by atomic mass is 79.9. The quantitative estimate of drug-likeness (QED) is 0.0793. The third-order valence-electron chi connectivity index (χ3n) is 9.85. The molecule has 2 aliphatic rings. The van der Waals surface area contributed by atoms with Gasteiger partial charge in [-0.25, -0.2) is 14.2 Å². The van der Waals surface area contributed by atoms with E-state index in [-0.39, 0.29) is 98.0 Å². The molecule has 0 amide bonds. The Balaban J connectivity index is 0.000000204. The first-order chi connectivity index (χ1) is 30.2. The highest BCUT2D eigenvalue weighted by molar-refractivity contribution is 9.09. The molecule has 64 heavy (non-hydrogen) atoms. The largest absolute Gasteiger partial charge is 1.00 e. The molecule has 8 rings (SSSR count). The number of halogens is 2. The third kappa shape index (κ3) is 10.4. The molecule has 6 aromatic rings. The smallest absolute Gasteiger partial charge is 0.342 e. The number of aryl methyl sites for hydroxylation is 3. The first-order valence-corrected chi connectivity index (χ1v) is 20.9. The summed E-state index contributed by atoms with van der Waals surface area (Å²) in [6.07, 6.45) is 11.6. The van der Waals surface area contributed by atoms with E-state index in [1.807, 2.05) is 79.2 Å². The molecule has 332 valence electrons. The highest BCUT2D eigenvalue weighted by Gasteiger charge is 2.41. The molecule has 0 atom stereocenters. The van der Waals surface area contributed by atoms with Gasteiger partial charge in [-0.15, -0.1) is 0 Å². The fourth-order valence-electron chi connectivity index (χ4n) is 6.67. The molecular formula is C46H44Br2N6O10. The molecule has 0 fully saturated rings. The predicted octanol–water partition coefficient (Wildman–Crippen LogP) is 3.21. The number of ether oxygens (including phenoxy) is 2. The minimum Gasteiger partial charge on any atom is -1.00 e. The molecule has 0 saturated carbocycles. The number of ketones is 4. The summed E-state index contributed by atoms with van der Waals surface area (Å²) < 4.78 is 23.4. The summed E-state index contributed by atoms with van der Waals surface area (Å²) in [7, 11) is 7.97. The van der Waals surface area contributed by atoms with Gasteiger partial charge in [-0.1, -0.05) is 15.9 Å². The summed E-state index contributed by atoms with van der Waals surface area (Å²) in [4.78, 5) is 91.6. The van der Waals surface area contributed by atoms with Crippen molar-refractivity contribution in [2.75, 3.05) is 56.5 Å². The third-order valence-corrected chi connectivity index (χ3v) is 10.4. The summed E-state index contributed by atoms with van der Waals surface area (Å²) in [5.41, 5.74) is 2.56. The van der Waals surface area contributed by atoms with Crippen molar-refractivity contribution in [1.29, 1.82) is 0 Å². The van der Waals surface area contributed by atoms with Crippen molar-refractivity contribution in [3.05, 3.63) is 154 Å². The molecule has 0 saturated heterocycles. The number of anilines is 2. The average molecular weight is 1000 g/mol. The van der Waals surface area contributed by atoms with Crippen molar-refractivity contribution in [3.8, 4) is 0 Å². The van der Waals surface area contributed by atoms with Gasteiger partial charge >= 0.3 is 11.9 Å². The van der Waals surface area contributed by atoms with Crippen LogP contribution in [-0.2, 0) is 16.0 Å². The van der Waals surface area contributed by atoms with E-state index >= 15 is 0 Å². The summed E-state index contributed by atoms with van der Waals surface area (Å²) >= 11 is 3.24. The normalized spacial score (nSPS) is 11.9. The van der Waals surface area contributed by atoms with Gasteiger partial charge in [-0.05, 0) is 56.7 Å². The first-order valence-electron chi connectivity index (χ1n) is 19.7. The van der Waals surface area contributed by atoms with Gasteiger partial charge in [0.1, 0.15) is 34.0 Å². The van der Waals surface area contributed by atoms with Gasteiger partial charge in [0.15, 0.2) is 30.5 Å². The van der Waals surface area contributed by atoms with Gasteiger partial charge < -0.3 is 45.1 Å². The molecule has 0 unspecified atom stereocenters. The average Bonchev–Trinajstić information content (AvgIpc) is 3.84. The Labute approximate surface area is 387 Å². The van der Waals surface area contributed by atoms with Gasteiger partial charge in [-0.2, -0.15) is 0 Å². The van der Waals surface area contributed by atoms with Gasteiger partial charge in [0.2, 0.25) is 23.1 Å². The molecule has 0 N–H and O–H groups in total. The molecule has 0 spiro atoms. The second-order valence-corrected chi connectivity index (χ2v) is 15.3. The van der Waals surface area contributed by atoms with Crippen molar-refractivity contribution in [2.24, 2.45) is 0 Å². The Hall–Kier alpha value is -6.66. The first kappa shape index (κ1) is 48.4. The number of rotatable bonds is 11. The molecule has 18 heteroatoms. The second kappa shape index (κ2) is 21.6. The van der Waals surface area contributed by atoms with Crippen LogP contribution in [0.3, 0.4) is 0 Å². The number of hydrogen-bond acceptors (Lipinski definition) is 15. The lowest BCUT2D eigenvalue weighted by Gasteiger charge is -2.12. The fourth-order valence-corrected chi connectivity index (χ4v) is 6.90. The van der Waals surface area contributed by atoms with Crippen molar-refractivity contribution in [3.63, 3.8) is 0 Å². The number of alkyl halides is 1. The molecule has 16 nitrogen and oxygen atoms in total. The highest BCUT2D eigenvalue weighted by Crippen LogP contribution is 2.34. The number of hydrogen-bond donors (Lipinski definition) is 0. The van der Waals surface area contributed by atoms with Crippen molar-refractivity contribution < 1.29 is 68.6 Å². The topological polar surface area (TPSA) is 196 Å². The van der Waals surface area contributed by atoms with Gasteiger partial charge in [0.25, 0.3) is 0 Å². The SMILES string of the molecule is CN(C)c1ccncc1.Cc1oc2c(c1C(=O)OCCCBr)C(=O)c1ncccc1C2=O.Cc1oc2c(c1C(=O)OCCC[n+]1ccc(N(C)C)cc1)C(=O)c1ncccc1C2=O.[Br-]. The molecule has 6 aromatic heterocycles. The van der Waals surface area contributed by atoms with Gasteiger partial charge in [-0.3, -0.25) is 34.1 Å². The molecule has 0 aliphatic heterocycles. The number of carbonyl (C=O) groups is 6. The summed E-state index contributed by atoms with van der Waals surface area (Å²) in [6, 6.07) is 14.1. The fraction of sp³-hybridized carbons (Fsp3) is 0.261. The zero-order chi connectivity index (χ0) is 45.4. The van der Waals surface area contributed by atoms with Crippen LogP contribution in [0.25, 0.3) is 0 Å². The summed E-state index contributed by atoms with van der Waals surface area (Å²) in [5, 5.41) is 0.692. The summed E-state index contributed by atoms with van der Waals surface area (Å²) in [6.45, 7) is 4.10. The minimum absolute atomic E-state index is 0. The molecule has 0 radical (unpaired) electrons. The number of esters is 2. The van der Waals surface area contributed by atoms with E-state index in [0.29, 0.717) is 24.7 Å². The van der Waals surface area contributed by atoms with Crippen molar-refractivity contribution >= 4 is 62.4 Å². The van der Waals surface area contributed by atoms with Crippen molar-refractivity contribution in [1.82, 2.24) is 15.0 Å². The summed E-state index contributed by atoms with van der Waals surface area (Å²) in [5.74, 6) is -3.17. The van der Waals surface area contributed by atoms with E-state index < -0.39 is 35.1 Å². The van der Waals surface area contributed by atoms with Gasteiger partial charge in [0.05, 0.1) is 35.5 Å². The van der Waals surface area contributed by atoms with Crippen LogP contribution in [0, 0.1) is 13.8 Å². The maximum atomic E-state index is 12.9. The predicted molar refractivity (Wildman–Crippen MR) is 232 cm³/mol. The molecule has 6 heterocycles. The Morgan fingerprint density at radius 1 is 0.641 bits per heavy atom. The Kier molecular flexibility index (Phi) is 16.3. The van der Waals surface area contributed by atoms with E-state index in [2.05, 4.69) is 30.9 Å². The maximum Gasteiger partial charge on any atom is 0.342 e. The van der Waals surface area contributed by atoms with Crippen molar-refractivity contribution in [2.45, 2.75) is 33.2 Å². The Morgan fingerprint density at radius 2 is 1.08 bits per heavy atom. The second-order valence-electron chi connectivity index (χ2n) is 14.5. The molecular weight excluding hydrogens is 956 g/mol. The Bertz CT molecular complexity index is 2700. The van der Waals surface area contributed by atoms with Crippen LogP contribution in [0.1, 0.15) is 109 Å². The van der Waals surface area contributed by atoms with Crippen LogP contribution in [-0.4, -0.2) is 96.8 Å². The van der Waals surface area contributed by atoms with Crippen LogP contribution < -0.4 is 31.3 Å². The van der Waals surface area contributed by atoms with Crippen LogP contribution in [0.5, 0.6) is 0 Å². The molecule has 0 aromatic carbocycles. The number of aromatic nitrogens is 4. The number of pyridine rings is 4. The van der Waals surface area contributed by atoms with Crippen LogP contribution in [0.15, 0.2) is 94.5 Å². The zero-order valence-electron chi connectivity index (χ0n) is 35.8. The number of carbonyl (C=O) groups excluding carboxylic acids is 6. The Morgan fingerprint density at radius 3 is 1.50 bits per heavy atom. The number of furan rings is 2. The monoisotopic (exact) mass is 998 g/mol. The lowest BCUT2D eigenvalue weighted by Crippen LogP contribution is -3.00. The van der Waals surface area contributed by atoms with E-state index in [1.165, 1.54) is 44.1 Å². The van der Waals surface area contributed by atoms with Crippen LogP contribution >= 0.6 is 15.9 Å². The standard InChI is InChI=1S/C23H22N3O5.C16H12BrNO5.C7H10N2.BrH/c1-14-17(18-21(28)19-16(6-4-9-24-19)20(27)22(18)31-14)23(29)30-13-5-10-26-11-7-15(8-12-26)25(2)3;1-8-10(16(21)22-7-3-5-17)11-14(20)12-9(4-2-6-18-12)13(19)15(11)23-8;1-9(2)7-3-5-8-6-4-7;/h4,6-9,11-12H,5,10,13H2,1-3H3;2,4,6H,3,5,7H2,1H3;3-6H,1-2H3;1H/q+1;;;/p-1. The van der Waals surface area contributed by atoms with Gasteiger partial charge in [0, 0.05) is 88.2 Å². The zero-order valence-corrected chi connectivity index (χ0v) is 39.0. The minimum atomic E-state index is -0.684. The number of fused-ring (bicyclic) bond motifs is 4.